The molecule has 1 aliphatic carbocycles. The summed E-state index contributed by atoms with van der Waals surface area (Å²) in [6, 6.07) is 18.1. The van der Waals surface area contributed by atoms with Crippen LogP contribution in [0.1, 0.15) is 29.0 Å². The maximum Gasteiger partial charge on any atom is 0.228 e. The summed E-state index contributed by atoms with van der Waals surface area (Å²) in [5, 5.41) is 8.47. The van der Waals surface area contributed by atoms with Crippen molar-refractivity contribution in [1.29, 1.82) is 0 Å². The second kappa shape index (κ2) is 7.53. The average Bonchev–Trinajstić information content (AvgIpc) is 3.51. The summed E-state index contributed by atoms with van der Waals surface area (Å²) in [6.45, 7) is 1.46. The maximum atomic E-state index is 14.8. The summed E-state index contributed by atoms with van der Waals surface area (Å²) in [6.07, 6.45) is 1.48. The van der Waals surface area contributed by atoms with Crippen LogP contribution in [0.25, 0.3) is 10.8 Å². The number of hydrogen-bond donors (Lipinski definition) is 2. The summed E-state index contributed by atoms with van der Waals surface area (Å²) in [5.41, 5.74) is 3.24. The monoisotopic (exact) mass is 396 g/mol. The molecule has 1 amide bonds. The predicted molar refractivity (Wildman–Crippen MR) is 112 cm³/mol. The molecular weight excluding hydrogens is 375 g/mol. The first-order valence-corrected chi connectivity index (χ1v) is 9.52. The number of rotatable bonds is 3. The van der Waals surface area contributed by atoms with Crippen LogP contribution in [0.2, 0.25) is 0 Å². The molecule has 28 heavy (non-hydrogen) atoms. The smallest absolute Gasteiger partial charge is 0.228 e. The lowest BCUT2D eigenvalue weighted by molar-refractivity contribution is -0.117. The Morgan fingerprint density at radius 3 is 2.79 bits per heavy atom. The number of benzene rings is 3. The largest absolute Gasteiger partial charge is 0.323 e. The van der Waals surface area contributed by atoms with Crippen molar-refractivity contribution in [2.75, 3.05) is 11.9 Å². The number of nitrogens with one attached hydrogen (secondary N) is 2. The van der Waals surface area contributed by atoms with E-state index in [1.165, 1.54) is 16.3 Å². The molecule has 5 rings (SSSR count). The quantitative estimate of drug-likeness (QED) is 0.668. The van der Waals surface area contributed by atoms with Crippen molar-refractivity contribution >= 4 is 34.8 Å². The van der Waals surface area contributed by atoms with Gasteiger partial charge in [0.1, 0.15) is 5.82 Å². The molecule has 1 fully saturated rings. The highest BCUT2D eigenvalue weighted by Crippen LogP contribution is 2.50. The lowest BCUT2D eigenvalue weighted by atomic mass is 9.99. The van der Waals surface area contributed by atoms with Crippen LogP contribution < -0.4 is 10.6 Å². The third-order valence-corrected chi connectivity index (χ3v) is 5.82. The van der Waals surface area contributed by atoms with Crippen LogP contribution in [0.3, 0.4) is 0 Å². The fourth-order valence-corrected chi connectivity index (χ4v) is 4.26. The molecule has 5 heteroatoms. The normalized spacial score (nSPS) is 20.2. The minimum Gasteiger partial charge on any atom is -0.323 e. The van der Waals surface area contributed by atoms with Crippen molar-refractivity contribution in [2.24, 2.45) is 5.92 Å². The Kier molecular flexibility index (Phi) is 5.09. The van der Waals surface area contributed by atoms with Crippen LogP contribution in [0.4, 0.5) is 10.1 Å². The molecule has 0 saturated heterocycles. The molecule has 2 unspecified atom stereocenters. The van der Waals surface area contributed by atoms with Crippen LogP contribution in [-0.2, 0) is 17.8 Å². The Hall–Kier alpha value is -2.43. The molecule has 0 radical (unpaired) electrons. The molecule has 0 aromatic heterocycles. The fourth-order valence-electron chi connectivity index (χ4n) is 4.26. The second-order valence-corrected chi connectivity index (χ2v) is 7.50. The first-order chi connectivity index (χ1) is 13.2. The van der Waals surface area contributed by atoms with Gasteiger partial charge in [-0.05, 0) is 58.8 Å². The van der Waals surface area contributed by atoms with Gasteiger partial charge in [-0.15, -0.1) is 12.4 Å². The third-order valence-electron chi connectivity index (χ3n) is 5.82. The fraction of sp³-hybridized carbons (Fsp3) is 0.261. The highest BCUT2D eigenvalue weighted by Gasteiger charge is 2.44. The van der Waals surface area contributed by atoms with E-state index in [2.05, 4.69) is 34.9 Å². The van der Waals surface area contributed by atoms with E-state index >= 15 is 0 Å². The summed E-state index contributed by atoms with van der Waals surface area (Å²) in [5.74, 6) is -0.237. The van der Waals surface area contributed by atoms with Crippen molar-refractivity contribution in [3.8, 4) is 0 Å². The van der Waals surface area contributed by atoms with Crippen LogP contribution in [0.5, 0.6) is 0 Å². The highest BCUT2D eigenvalue weighted by atomic mass is 35.5. The Morgan fingerprint density at radius 2 is 1.89 bits per heavy atom. The Balaban J connectivity index is 0.00000192. The molecule has 0 bridgehead atoms. The number of anilines is 1. The van der Waals surface area contributed by atoms with Gasteiger partial charge >= 0.3 is 0 Å². The zero-order valence-corrected chi connectivity index (χ0v) is 16.2. The predicted octanol–water partition coefficient (Wildman–Crippen LogP) is 4.79. The van der Waals surface area contributed by atoms with Gasteiger partial charge in [0.2, 0.25) is 5.91 Å². The van der Waals surface area contributed by atoms with E-state index in [9.17, 15) is 9.18 Å². The molecule has 3 nitrogen and oxygen atoms in total. The summed E-state index contributed by atoms with van der Waals surface area (Å²) < 4.78 is 14.8. The van der Waals surface area contributed by atoms with Crippen LogP contribution >= 0.6 is 12.4 Å². The first kappa shape index (κ1) is 18.9. The second-order valence-electron chi connectivity index (χ2n) is 7.50. The standard InChI is InChI=1S/C23H21FN2O.ClH/c24-22-17-10-11-25-13-15(17)8-9-21(22)26-23(27)20-12-19(20)18-7-3-5-14-4-1-2-6-16(14)18;/h1-9,19-20,25H,10-13H2,(H,26,27);1H. The van der Waals surface area contributed by atoms with Gasteiger partial charge < -0.3 is 10.6 Å². The molecule has 0 spiro atoms. The highest BCUT2D eigenvalue weighted by molar-refractivity contribution is 5.97. The molecule has 3 aromatic rings. The third kappa shape index (κ3) is 3.27. The van der Waals surface area contributed by atoms with E-state index in [4.69, 9.17) is 0 Å². The van der Waals surface area contributed by atoms with E-state index < -0.39 is 0 Å². The Bertz CT molecular complexity index is 1050. The number of carbonyl (C=O) groups is 1. The maximum absolute atomic E-state index is 14.8. The van der Waals surface area contributed by atoms with Crippen LogP contribution in [0, 0.1) is 11.7 Å². The average molecular weight is 397 g/mol. The SMILES string of the molecule is Cl.O=C(Nc1ccc2c(c1F)CCNC2)C1CC1c1cccc2ccccc12. The topological polar surface area (TPSA) is 41.1 Å². The zero-order valence-electron chi connectivity index (χ0n) is 15.4. The van der Waals surface area contributed by atoms with Crippen molar-refractivity contribution in [2.45, 2.75) is 25.3 Å². The van der Waals surface area contributed by atoms with E-state index in [0.29, 0.717) is 18.7 Å². The van der Waals surface area contributed by atoms with Gasteiger partial charge in [0.15, 0.2) is 0 Å². The molecule has 2 aliphatic rings. The van der Waals surface area contributed by atoms with Crippen molar-refractivity contribution < 1.29 is 9.18 Å². The number of halogens is 2. The molecule has 2 N–H and O–H groups in total. The van der Waals surface area contributed by atoms with Gasteiger partial charge in [0, 0.05) is 12.5 Å². The van der Waals surface area contributed by atoms with E-state index in [-0.39, 0.29) is 36.0 Å². The van der Waals surface area contributed by atoms with Crippen LogP contribution in [0.15, 0.2) is 54.6 Å². The number of fused-ring (bicyclic) bond motifs is 2. The lowest BCUT2D eigenvalue weighted by Crippen LogP contribution is -2.25. The summed E-state index contributed by atoms with van der Waals surface area (Å²) >= 11 is 0. The summed E-state index contributed by atoms with van der Waals surface area (Å²) in [4.78, 5) is 12.7. The van der Waals surface area contributed by atoms with E-state index in [1.807, 2.05) is 24.3 Å². The van der Waals surface area contributed by atoms with Gasteiger partial charge in [-0.2, -0.15) is 0 Å². The number of amides is 1. The number of carbonyl (C=O) groups excluding carboxylic acids is 1. The van der Waals surface area contributed by atoms with E-state index in [0.717, 1.165) is 24.1 Å². The van der Waals surface area contributed by atoms with Gasteiger partial charge in [0.05, 0.1) is 5.69 Å². The minimum absolute atomic E-state index is 0. The Labute approximate surface area is 169 Å². The Morgan fingerprint density at radius 1 is 1.07 bits per heavy atom. The van der Waals surface area contributed by atoms with Gasteiger partial charge in [-0.3, -0.25) is 4.79 Å². The van der Waals surface area contributed by atoms with Crippen molar-refractivity contribution in [3.63, 3.8) is 0 Å². The minimum atomic E-state index is -0.273. The molecule has 1 saturated carbocycles. The molecule has 1 heterocycles. The zero-order chi connectivity index (χ0) is 18.4. The molecule has 144 valence electrons. The van der Waals surface area contributed by atoms with Crippen LogP contribution in [-0.4, -0.2) is 12.5 Å². The molecule has 3 aromatic carbocycles. The van der Waals surface area contributed by atoms with Crippen molar-refractivity contribution in [1.82, 2.24) is 5.32 Å². The van der Waals surface area contributed by atoms with Crippen molar-refractivity contribution in [3.05, 3.63) is 77.1 Å². The molecular formula is C23H22ClFN2O. The van der Waals surface area contributed by atoms with E-state index in [1.54, 1.807) is 6.07 Å². The lowest BCUT2D eigenvalue weighted by Gasteiger charge is -2.19. The van der Waals surface area contributed by atoms with Gasteiger partial charge in [0.25, 0.3) is 0 Å². The summed E-state index contributed by atoms with van der Waals surface area (Å²) in [7, 11) is 0. The molecule has 2 atom stereocenters. The van der Waals surface area contributed by atoms with Gasteiger partial charge in [-0.1, -0.05) is 48.5 Å². The molecule has 1 aliphatic heterocycles. The number of hydrogen-bond acceptors (Lipinski definition) is 2. The first-order valence-electron chi connectivity index (χ1n) is 9.52. The van der Waals surface area contributed by atoms with Gasteiger partial charge in [-0.25, -0.2) is 4.39 Å².